The minimum absolute atomic E-state index is 0.618. The van der Waals surface area contributed by atoms with Gasteiger partial charge in [0, 0.05) is 6.42 Å². The second kappa shape index (κ2) is 6.31. The summed E-state index contributed by atoms with van der Waals surface area (Å²) in [5, 5.41) is 2.53. The second-order valence-corrected chi connectivity index (χ2v) is 4.86. The maximum absolute atomic E-state index is 5.79. The lowest BCUT2D eigenvalue weighted by molar-refractivity contribution is 0.297. The number of hydrogen-bond acceptors (Lipinski definition) is 2. The first-order valence-electron chi connectivity index (χ1n) is 7.01. The molecular weight excluding hydrogens is 260 g/mol. The van der Waals surface area contributed by atoms with Gasteiger partial charge in [0.05, 0.1) is 13.7 Å². The average Bonchev–Trinajstić information content (AvgIpc) is 2.55. The van der Waals surface area contributed by atoms with Crippen molar-refractivity contribution in [3.63, 3.8) is 0 Å². The zero-order chi connectivity index (χ0) is 14.5. The SMILES string of the molecule is COc1cc[c]cc1OCCc1ccc2ccccc2c1. The number of ether oxygens (including phenoxy) is 2. The van der Waals surface area contributed by atoms with Gasteiger partial charge in [-0.15, -0.1) is 0 Å². The molecule has 0 amide bonds. The molecule has 3 rings (SSSR count). The minimum Gasteiger partial charge on any atom is -0.493 e. The summed E-state index contributed by atoms with van der Waals surface area (Å²) in [5.41, 5.74) is 1.27. The molecule has 0 unspecified atom stereocenters. The van der Waals surface area contributed by atoms with Crippen molar-refractivity contribution in [2.45, 2.75) is 6.42 Å². The summed E-state index contributed by atoms with van der Waals surface area (Å²) in [6, 6.07) is 23.4. The van der Waals surface area contributed by atoms with Crippen molar-refractivity contribution in [2.75, 3.05) is 13.7 Å². The molecule has 105 valence electrons. The Morgan fingerprint density at radius 1 is 0.952 bits per heavy atom. The standard InChI is InChI=1S/C19H17O2/c1-20-18-8-4-5-9-19(18)21-13-12-15-10-11-16-6-2-3-7-17(16)14-15/h2-4,6-11,14H,12-13H2,1H3. The van der Waals surface area contributed by atoms with E-state index in [2.05, 4.69) is 48.5 Å². The molecule has 0 spiro atoms. The molecule has 0 aliphatic heterocycles. The number of methoxy groups -OCH3 is 1. The maximum atomic E-state index is 5.79. The van der Waals surface area contributed by atoms with Crippen LogP contribution >= 0.6 is 0 Å². The summed E-state index contributed by atoms with van der Waals surface area (Å²) in [6.07, 6.45) is 0.864. The monoisotopic (exact) mass is 277 g/mol. The van der Waals surface area contributed by atoms with Gasteiger partial charge in [0.2, 0.25) is 0 Å². The Kier molecular flexibility index (Phi) is 4.06. The second-order valence-electron chi connectivity index (χ2n) is 4.86. The Balaban J connectivity index is 1.66. The molecule has 0 saturated carbocycles. The van der Waals surface area contributed by atoms with Gasteiger partial charge in [-0.3, -0.25) is 0 Å². The van der Waals surface area contributed by atoms with Crippen LogP contribution in [0.1, 0.15) is 5.56 Å². The van der Waals surface area contributed by atoms with E-state index in [4.69, 9.17) is 9.47 Å². The molecule has 0 atom stereocenters. The lowest BCUT2D eigenvalue weighted by Crippen LogP contribution is -2.02. The fourth-order valence-electron chi connectivity index (χ4n) is 2.36. The Labute approximate surface area is 124 Å². The van der Waals surface area contributed by atoms with Crippen molar-refractivity contribution in [1.82, 2.24) is 0 Å². The van der Waals surface area contributed by atoms with E-state index in [-0.39, 0.29) is 0 Å². The van der Waals surface area contributed by atoms with E-state index in [0.29, 0.717) is 6.61 Å². The van der Waals surface area contributed by atoms with E-state index in [1.807, 2.05) is 12.1 Å². The summed E-state index contributed by atoms with van der Waals surface area (Å²) in [6.45, 7) is 0.618. The van der Waals surface area contributed by atoms with Gasteiger partial charge in [0.1, 0.15) is 0 Å². The average molecular weight is 277 g/mol. The third-order valence-electron chi connectivity index (χ3n) is 3.47. The third kappa shape index (κ3) is 3.16. The van der Waals surface area contributed by atoms with Gasteiger partial charge in [-0.1, -0.05) is 48.5 Å². The lowest BCUT2D eigenvalue weighted by atomic mass is 10.1. The first-order chi connectivity index (χ1) is 10.4. The predicted molar refractivity (Wildman–Crippen MR) is 85.0 cm³/mol. The number of rotatable bonds is 5. The van der Waals surface area contributed by atoms with Crippen LogP contribution in [0.4, 0.5) is 0 Å². The van der Waals surface area contributed by atoms with Crippen LogP contribution in [0.3, 0.4) is 0 Å². The van der Waals surface area contributed by atoms with Crippen LogP contribution in [0, 0.1) is 6.07 Å². The van der Waals surface area contributed by atoms with Gasteiger partial charge in [0.25, 0.3) is 0 Å². The molecule has 0 fully saturated rings. The van der Waals surface area contributed by atoms with Crippen LogP contribution < -0.4 is 9.47 Å². The number of hydrogen-bond donors (Lipinski definition) is 0. The first-order valence-corrected chi connectivity index (χ1v) is 7.01. The highest BCUT2D eigenvalue weighted by Crippen LogP contribution is 2.25. The molecule has 0 N–H and O–H groups in total. The van der Waals surface area contributed by atoms with Crippen molar-refractivity contribution in [1.29, 1.82) is 0 Å². The Bertz CT molecular complexity index is 734. The molecule has 3 aromatic carbocycles. The summed E-state index contributed by atoms with van der Waals surface area (Å²) >= 11 is 0. The first kappa shape index (κ1) is 13.5. The van der Waals surface area contributed by atoms with E-state index < -0.39 is 0 Å². The smallest absolute Gasteiger partial charge is 0.161 e. The fourth-order valence-corrected chi connectivity index (χ4v) is 2.36. The fraction of sp³-hybridized carbons (Fsp3) is 0.158. The zero-order valence-corrected chi connectivity index (χ0v) is 12.0. The van der Waals surface area contributed by atoms with E-state index in [9.17, 15) is 0 Å². The van der Waals surface area contributed by atoms with Crippen molar-refractivity contribution in [3.05, 3.63) is 72.3 Å². The Morgan fingerprint density at radius 3 is 2.67 bits per heavy atom. The Hall–Kier alpha value is -2.48. The molecule has 0 bridgehead atoms. The van der Waals surface area contributed by atoms with Crippen LogP contribution in [0.25, 0.3) is 10.8 Å². The van der Waals surface area contributed by atoms with E-state index in [1.165, 1.54) is 16.3 Å². The highest BCUT2D eigenvalue weighted by atomic mass is 16.5. The van der Waals surface area contributed by atoms with Crippen molar-refractivity contribution >= 4 is 10.8 Å². The molecule has 0 heterocycles. The van der Waals surface area contributed by atoms with E-state index in [1.54, 1.807) is 13.2 Å². The van der Waals surface area contributed by atoms with Gasteiger partial charge in [-0.05, 0) is 34.5 Å². The van der Waals surface area contributed by atoms with Crippen LogP contribution in [0.5, 0.6) is 11.5 Å². The molecule has 2 nitrogen and oxygen atoms in total. The van der Waals surface area contributed by atoms with Gasteiger partial charge in [0.15, 0.2) is 11.5 Å². The Morgan fingerprint density at radius 2 is 1.81 bits per heavy atom. The molecule has 2 heteroatoms. The maximum Gasteiger partial charge on any atom is 0.161 e. The summed E-state index contributed by atoms with van der Waals surface area (Å²) < 4.78 is 11.0. The largest absolute Gasteiger partial charge is 0.493 e. The highest BCUT2D eigenvalue weighted by Gasteiger charge is 2.03. The van der Waals surface area contributed by atoms with E-state index >= 15 is 0 Å². The van der Waals surface area contributed by atoms with Gasteiger partial charge in [-0.25, -0.2) is 0 Å². The van der Waals surface area contributed by atoms with Gasteiger partial charge >= 0.3 is 0 Å². The molecule has 1 radical (unpaired) electrons. The van der Waals surface area contributed by atoms with Crippen LogP contribution in [-0.4, -0.2) is 13.7 Å². The number of benzene rings is 3. The molecule has 0 saturated heterocycles. The summed E-state index contributed by atoms with van der Waals surface area (Å²) in [7, 11) is 1.64. The molecular formula is C19H17O2. The highest BCUT2D eigenvalue weighted by molar-refractivity contribution is 5.82. The molecule has 0 aliphatic rings. The summed E-state index contributed by atoms with van der Waals surface area (Å²) in [4.78, 5) is 0. The van der Waals surface area contributed by atoms with Crippen molar-refractivity contribution in [3.8, 4) is 11.5 Å². The topological polar surface area (TPSA) is 18.5 Å². The quantitative estimate of drug-likeness (QED) is 0.693. The van der Waals surface area contributed by atoms with Crippen molar-refractivity contribution in [2.24, 2.45) is 0 Å². The number of fused-ring (bicyclic) bond motifs is 1. The van der Waals surface area contributed by atoms with Crippen molar-refractivity contribution < 1.29 is 9.47 Å². The van der Waals surface area contributed by atoms with Crippen LogP contribution in [-0.2, 0) is 6.42 Å². The third-order valence-corrected chi connectivity index (χ3v) is 3.47. The lowest BCUT2D eigenvalue weighted by Gasteiger charge is -2.10. The normalized spacial score (nSPS) is 10.5. The van der Waals surface area contributed by atoms with E-state index in [0.717, 1.165) is 17.9 Å². The zero-order valence-electron chi connectivity index (χ0n) is 12.0. The van der Waals surface area contributed by atoms with Crippen LogP contribution in [0.2, 0.25) is 0 Å². The summed E-state index contributed by atoms with van der Waals surface area (Å²) in [5.74, 6) is 1.48. The molecule has 0 aliphatic carbocycles. The van der Waals surface area contributed by atoms with Crippen LogP contribution in [0.15, 0.2) is 60.7 Å². The molecule has 3 aromatic rings. The predicted octanol–water partition coefficient (Wildman–Crippen LogP) is 4.27. The molecule has 21 heavy (non-hydrogen) atoms. The van der Waals surface area contributed by atoms with Gasteiger partial charge in [-0.2, -0.15) is 0 Å². The molecule has 0 aromatic heterocycles. The minimum atomic E-state index is 0.618. The van der Waals surface area contributed by atoms with Gasteiger partial charge < -0.3 is 9.47 Å².